The van der Waals surface area contributed by atoms with E-state index >= 15 is 0 Å². The quantitative estimate of drug-likeness (QED) is 0.460. The number of aryl methyl sites for hydroxylation is 1. The molecule has 9 nitrogen and oxygen atoms in total. The first-order valence-corrected chi connectivity index (χ1v) is 13.0. The van der Waals surface area contributed by atoms with E-state index in [-0.39, 0.29) is 18.1 Å². The predicted octanol–water partition coefficient (Wildman–Crippen LogP) is 3.55. The largest absolute Gasteiger partial charge is 0.494 e. The molecule has 174 valence electrons. The lowest BCUT2D eigenvalue weighted by atomic mass is 9.86. The molecule has 5 heterocycles. The number of aromatic nitrogens is 4. The minimum atomic E-state index is 0.0330. The van der Waals surface area contributed by atoms with E-state index in [0.717, 1.165) is 64.2 Å². The summed E-state index contributed by atoms with van der Waals surface area (Å²) in [4.78, 5) is 26.7. The summed E-state index contributed by atoms with van der Waals surface area (Å²) in [6.07, 6.45) is 5.28. The van der Waals surface area contributed by atoms with Gasteiger partial charge in [0, 0.05) is 23.4 Å². The van der Waals surface area contributed by atoms with E-state index in [9.17, 15) is 4.79 Å². The third kappa shape index (κ3) is 3.18. The van der Waals surface area contributed by atoms with Gasteiger partial charge in [-0.05, 0) is 48.8 Å². The zero-order valence-electron chi connectivity index (χ0n) is 18.5. The molecule has 0 spiro atoms. The fraction of sp³-hybridized carbons (Fsp3) is 0.435. The Balaban J connectivity index is 1.20. The van der Waals surface area contributed by atoms with Gasteiger partial charge in [0.05, 0.1) is 41.6 Å². The lowest BCUT2D eigenvalue weighted by Crippen LogP contribution is -2.45. The number of nitrogens with one attached hydrogen (secondary N) is 1. The molecule has 2 unspecified atom stereocenters. The van der Waals surface area contributed by atoms with E-state index in [1.807, 2.05) is 12.1 Å². The van der Waals surface area contributed by atoms with Gasteiger partial charge in [-0.3, -0.25) is 4.79 Å². The highest BCUT2D eigenvalue weighted by molar-refractivity contribution is 7.19. The van der Waals surface area contributed by atoms with E-state index in [1.54, 1.807) is 24.8 Å². The number of amides is 1. The predicted molar refractivity (Wildman–Crippen MR) is 130 cm³/mol. The van der Waals surface area contributed by atoms with Crippen molar-refractivity contribution in [3.63, 3.8) is 0 Å². The first-order valence-electron chi connectivity index (χ1n) is 11.4. The maximum Gasteiger partial charge on any atom is 0.226 e. The lowest BCUT2D eigenvalue weighted by Gasteiger charge is -2.32. The summed E-state index contributed by atoms with van der Waals surface area (Å²) in [5.41, 5.74) is 2.88. The molecule has 1 aromatic carbocycles. The van der Waals surface area contributed by atoms with Crippen LogP contribution in [0.4, 0.5) is 11.5 Å². The lowest BCUT2D eigenvalue weighted by molar-refractivity contribution is -0.140. The number of fused-ring (bicyclic) bond motifs is 6. The number of rotatable bonds is 4. The number of carbonyl (C=O) groups is 1. The molecule has 1 amide bonds. The molecule has 2 fully saturated rings. The van der Waals surface area contributed by atoms with Crippen molar-refractivity contribution in [2.45, 2.75) is 37.8 Å². The van der Waals surface area contributed by atoms with Gasteiger partial charge in [0.1, 0.15) is 28.2 Å². The summed E-state index contributed by atoms with van der Waals surface area (Å²) in [5, 5.41) is 8.66. The maximum atomic E-state index is 13.3. The van der Waals surface area contributed by atoms with Crippen LogP contribution in [0.1, 0.15) is 23.3 Å². The van der Waals surface area contributed by atoms with Crippen LogP contribution in [-0.2, 0) is 22.4 Å². The molecule has 34 heavy (non-hydrogen) atoms. The van der Waals surface area contributed by atoms with Gasteiger partial charge in [-0.15, -0.1) is 16.4 Å². The highest BCUT2D eigenvalue weighted by Gasteiger charge is 2.43. The van der Waals surface area contributed by atoms with E-state index in [2.05, 4.69) is 29.8 Å². The molecule has 7 rings (SSSR count). The third-order valence-electron chi connectivity index (χ3n) is 7.20. The molecule has 4 aromatic rings. The second-order valence-corrected chi connectivity index (χ2v) is 11.0. The first-order chi connectivity index (χ1) is 16.7. The SMILES string of the molecule is COc1cc2nnsc2cc1Nc1ncnc2sc3c(c12)CC[C@H](C(=O)N1CC2CC1CO2)C3. The van der Waals surface area contributed by atoms with Gasteiger partial charge in [-0.25, -0.2) is 9.97 Å². The molecule has 1 aliphatic carbocycles. The molecule has 0 radical (unpaired) electrons. The normalized spacial score (nSPS) is 23.6. The summed E-state index contributed by atoms with van der Waals surface area (Å²) >= 11 is 3.03. The van der Waals surface area contributed by atoms with Crippen molar-refractivity contribution in [2.75, 3.05) is 25.6 Å². The molecule has 3 atom stereocenters. The van der Waals surface area contributed by atoms with Crippen molar-refractivity contribution in [1.82, 2.24) is 24.5 Å². The van der Waals surface area contributed by atoms with Crippen LogP contribution in [0.2, 0.25) is 0 Å². The average Bonchev–Trinajstić information content (AvgIpc) is 3.65. The second-order valence-electron chi connectivity index (χ2n) is 9.10. The minimum Gasteiger partial charge on any atom is -0.494 e. The third-order valence-corrected chi connectivity index (χ3v) is 9.05. The van der Waals surface area contributed by atoms with Crippen LogP contribution >= 0.6 is 22.9 Å². The summed E-state index contributed by atoms with van der Waals surface area (Å²) in [6.45, 7) is 1.44. The molecule has 3 aliphatic rings. The Morgan fingerprint density at radius 1 is 1.32 bits per heavy atom. The number of hydrogen-bond donors (Lipinski definition) is 1. The Labute approximate surface area is 203 Å². The fourth-order valence-electron chi connectivity index (χ4n) is 5.52. The zero-order chi connectivity index (χ0) is 22.8. The molecule has 2 aliphatic heterocycles. The molecule has 2 bridgehead atoms. The number of methoxy groups -OCH3 is 1. The van der Waals surface area contributed by atoms with E-state index < -0.39 is 0 Å². The van der Waals surface area contributed by atoms with Crippen LogP contribution in [0.15, 0.2) is 18.5 Å². The van der Waals surface area contributed by atoms with Gasteiger partial charge in [-0.2, -0.15) is 0 Å². The van der Waals surface area contributed by atoms with Crippen LogP contribution in [0, 0.1) is 5.92 Å². The van der Waals surface area contributed by atoms with E-state index in [1.165, 1.54) is 22.0 Å². The smallest absolute Gasteiger partial charge is 0.226 e. The second kappa shape index (κ2) is 7.82. The summed E-state index contributed by atoms with van der Waals surface area (Å²) in [5.74, 6) is 1.77. The van der Waals surface area contributed by atoms with Crippen LogP contribution < -0.4 is 10.1 Å². The molecule has 0 saturated carbocycles. The highest BCUT2D eigenvalue weighted by atomic mass is 32.1. The van der Waals surface area contributed by atoms with Crippen LogP contribution in [-0.4, -0.2) is 62.8 Å². The molecule has 3 aromatic heterocycles. The van der Waals surface area contributed by atoms with Crippen molar-refractivity contribution < 1.29 is 14.3 Å². The number of hydrogen-bond acceptors (Lipinski definition) is 10. The van der Waals surface area contributed by atoms with Crippen LogP contribution in [0.3, 0.4) is 0 Å². The first kappa shape index (κ1) is 20.5. The van der Waals surface area contributed by atoms with Gasteiger partial charge in [0.15, 0.2) is 0 Å². The standard InChI is InChI=1S/C23H22N6O3S2/c1-31-17-6-16-19(34-28-27-16)7-15(17)26-21-20-14-3-2-11(4-18(14)33-22(20)25-10-24-21)23(30)29-8-13-5-12(29)9-32-13/h6-7,10-13H,2-5,8-9H2,1H3,(H,24,25,26)/t11-,12?,13?/m0/s1. The fourth-order valence-corrected chi connectivity index (χ4v) is 7.37. The maximum absolute atomic E-state index is 13.3. The Morgan fingerprint density at radius 2 is 2.26 bits per heavy atom. The van der Waals surface area contributed by atoms with Gasteiger partial charge >= 0.3 is 0 Å². The summed E-state index contributed by atoms with van der Waals surface area (Å²) < 4.78 is 16.3. The zero-order valence-corrected chi connectivity index (χ0v) is 20.1. The van der Waals surface area contributed by atoms with Crippen molar-refractivity contribution >= 4 is 60.7 Å². The number of anilines is 2. The van der Waals surface area contributed by atoms with Crippen LogP contribution in [0.5, 0.6) is 5.75 Å². The number of thiophene rings is 1. The van der Waals surface area contributed by atoms with Crippen LogP contribution in [0.25, 0.3) is 20.4 Å². The summed E-state index contributed by atoms with van der Waals surface area (Å²) in [6, 6.07) is 4.15. The van der Waals surface area contributed by atoms with E-state index in [4.69, 9.17) is 9.47 Å². The number of likely N-dealkylation sites (tertiary alicyclic amines) is 1. The number of nitrogens with zero attached hydrogens (tertiary/aromatic N) is 5. The average molecular weight is 495 g/mol. The number of morpholine rings is 1. The molecule has 2 saturated heterocycles. The van der Waals surface area contributed by atoms with Gasteiger partial charge in [0.25, 0.3) is 0 Å². The minimum absolute atomic E-state index is 0.0330. The topological polar surface area (TPSA) is 102 Å². The van der Waals surface area contributed by atoms with Crippen molar-refractivity contribution in [3.8, 4) is 5.75 Å². The number of benzene rings is 1. The van der Waals surface area contributed by atoms with Crippen molar-refractivity contribution in [1.29, 1.82) is 0 Å². The Bertz CT molecular complexity index is 1440. The molecular weight excluding hydrogens is 472 g/mol. The Hall–Kier alpha value is -2.89. The van der Waals surface area contributed by atoms with E-state index in [0.29, 0.717) is 18.3 Å². The van der Waals surface area contributed by atoms with Gasteiger partial charge in [-0.1, -0.05) is 4.49 Å². The number of ether oxygens (including phenoxy) is 2. The van der Waals surface area contributed by atoms with Gasteiger partial charge < -0.3 is 19.7 Å². The Morgan fingerprint density at radius 3 is 3.09 bits per heavy atom. The van der Waals surface area contributed by atoms with Gasteiger partial charge in [0.2, 0.25) is 5.91 Å². The molecular formula is C23H22N6O3S2. The van der Waals surface area contributed by atoms with Crippen molar-refractivity contribution in [2.24, 2.45) is 5.92 Å². The molecule has 11 heteroatoms. The van der Waals surface area contributed by atoms with Crippen molar-refractivity contribution in [3.05, 3.63) is 28.9 Å². The molecule has 1 N–H and O–H groups in total. The highest BCUT2D eigenvalue weighted by Crippen LogP contribution is 2.42. The summed E-state index contributed by atoms with van der Waals surface area (Å²) in [7, 11) is 1.64. The number of carbonyl (C=O) groups excluding carboxylic acids is 1. The Kier molecular flexibility index (Phi) is 4.71. The monoisotopic (exact) mass is 494 g/mol.